The van der Waals surface area contributed by atoms with E-state index in [4.69, 9.17) is 4.74 Å². The van der Waals surface area contributed by atoms with Crippen LogP contribution in [0.1, 0.15) is 49.7 Å². The Balaban J connectivity index is 1.40. The van der Waals surface area contributed by atoms with Gasteiger partial charge in [0.1, 0.15) is 17.8 Å². The van der Waals surface area contributed by atoms with Crippen molar-refractivity contribution >= 4 is 23.8 Å². The van der Waals surface area contributed by atoms with Crippen molar-refractivity contribution in [2.45, 2.75) is 57.0 Å². The molecule has 1 aromatic rings. The molecule has 1 aliphatic heterocycles. The van der Waals surface area contributed by atoms with Crippen LogP contribution in [0.5, 0.6) is 5.75 Å². The van der Waals surface area contributed by atoms with Gasteiger partial charge in [-0.05, 0) is 49.3 Å². The van der Waals surface area contributed by atoms with Crippen LogP contribution >= 0.6 is 0 Å². The molecule has 1 saturated heterocycles. The highest BCUT2D eigenvalue weighted by atomic mass is 16.5. The molecule has 2 fully saturated rings. The lowest BCUT2D eigenvalue weighted by atomic mass is 9.92. The van der Waals surface area contributed by atoms with Crippen LogP contribution in [-0.2, 0) is 20.8 Å². The summed E-state index contributed by atoms with van der Waals surface area (Å²) in [5, 5.41) is 18.0. The maximum atomic E-state index is 13.1. The Morgan fingerprint density at radius 1 is 1.24 bits per heavy atom. The summed E-state index contributed by atoms with van der Waals surface area (Å²) < 4.78 is 5.39. The predicted octanol–water partition coefficient (Wildman–Crippen LogP) is 1.84. The number of benzene rings is 1. The normalized spacial score (nSPS) is 21.0. The number of hydrogen-bond donors (Lipinski definition) is 3. The van der Waals surface area contributed by atoms with E-state index in [-0.39, 0.29) is 30.1 Å². The Kier molecular flexibility index (Phi) is 6.97. The molecule has 3 amide bonds. The number of rotatable bonds is 9. The van der Waals surface area contributed by atoms with E-state index in [9.17, 15) is 19.6 Å². The molecule has 3 atom stereocenters. The molecule has 174 valence electrons. The topological polar surface area (TPSA) is 120 Å². The second kappa shape index (κ2) is 10.1. The fourth-order valence-electron chi connectivity index (χ4n) is 4.59. The lowest BCUT2D eigenvalue weighted by Crippen LogP contribution is -2.51. The van der Waals surface area contributed by atoms with Gasteiger partial charge in [0.2, 0.25) is 17.7 Å². The van der Waals surface area contributed by atoms with Gasteiger partial charge >= 0.3 is 0 Å². The molecule has 3 N–H and O–H groups in total. The van der Waals surface area contributed by atoms with Crippen molar-refractivity contribution < 1.29 is 19.1 Å². The van der Waals surface area contributed by atoms with Crippen molar-refractivity contribution in [2.24, 2.45) is 11.8 Å². The summed E-state index contributed by atoms with van der Waals surface area (Å²) in [7, 11) is 1.60. The van der Waals surface area contributed by atoms with E-state index in [0.29, 0.717) is 43.0 Å². The van der Waals surface area contributed by atoms with Crippen LogP contribution < -0.4 is 20.7 Å². The molecule has 8 heteroatoms. The first-order chi connectivity index (χ1) is 16.0. The quantitative estimate of drug-likeness (QED) is 0.530. The third-order valence-electron chi connectivity index (χ3n) is 6.65. The van der Waals surface area contributed by atoms with Gasteiger partial charge in [-0.2, -0.15) is 5.26 Å². The Morgan fingerprint density at radius 3 is 2.76 bits per heavy atom. The average Bonchev–Trinajstić information content (AvgIpc) is 3.53. The number of fused-ring (bicyclic) bond motifs is 1. The molecule has 0 radical (unpaired) electrons. The summed E-state index contributed by atoms with van der Waals surface area (Å²) in [4.78, 5) is 38.1. The molecule has 3 aliphatic rings. The van der Waals surface area contributed by atoms with Crippen LogP contribution in [-0.4, -0.2) is 43.5 Å². The monoisotopic (exact) mass is 450 g/mol. The van der Waals surface area contributed by atoms with E-state index < -0.39 is 12.1 Å². The summed E-state index contributed by atoms with van der Waals surface area (Å²) >= 11 is 0. The van der Waals surface area contributed by atoms with Crippen molar-refractivity contribution in [3.63, 3.8) is 0 Å². The van der Waals surface area contributed by atoms with Gasteiger partial charge in [-0.1, -0.05) is 25.0 Å². The number of carbonyl (C=O) groups excluding carboxylic acids is 3. The Labute approximate surface area is 193 Å². The number of carbonyl (C=O) groups is 3. The largest absolute Gasteiger partial charge is 0.496 e. The lowest BCUT2D eigenvalue weighted by Gasteiger charge is -2.25. The van der Waals surface area contributed by atoms with Crippen LogP contribution in [0, 0.1) is 23.2 Å². The minimum atomic E-state index is -0.774. The molecule has 1 heterocycles. The Hall–Kier alpha value is -3.34. The van der Waals surface area contributed by atoms with Crippen LogP contribution in [0.3, 0.4) is 0 Å². The van der Waals surface area contributed by atoms with E-state index in [1.54, 1.807) is 7.11 Å². The van der Waals surface area contributed by atoms with Crippen LogP contribution in [0.15, 0.2) is 23.8 Å². The number of nitriles is 1. The molecule has 0 aromatic heterocycles. The summed E-state index contributed by atoms with van der Waals surface area (Å²) in [5.41, 5.74) is 2.49. The smallest absolute Gasteiger partial charge is 0.248 e. The number of nitrogens with one attached hydrogen (secondary N) is 3. The van der Waals surface area contributed by atoms with Crippen LogP contribution in [0.4, 0.5) is 0 Å². The molecular formula is C25H30N4O4. The summed E-state index contributed by atoms with van der Waals surface area (Å²) in [6, 6.07) is 6.33. The number of piperidine rings is 1. The third-order valence-corrected chi connectivity index (χ3v) is 6.65. The summed E-state index contributed by atoms with van der Waals surface area (Å²) in [5.74, 6) is 0.117. The summed E-state index contributed by atoms with van der Waals surface area (Å²) in [6.07, 6.45) is 6.76. The van der Waals surface area contributed by atoms with Gasteiger partial charge in [0.05, 0.1) is 13.2 Å². The van der Waals surface area contributed by atoms with Gasteiger partial charge in [0.15, 0.2) is 0 Å². The van der Waals surface area contributed by atoms with Gasteiger partial charge in [-0.3, -0.25) is 14.4 Å². The fourth-order valence-corrected chi connectivity index (χ4v) is 4.59. The van der Waals surface area contributed by atoms with E-state index >= 15 is 0 Å². The predicted molar refractivity (Wildman–Crippen MR) is 122 cm³/mol. The molecule has 0 unspecified atom stereocenters. The second-order valence-electron chi connectivity index (χ2n) is 9.14. The van der Waals surface area contributed by atoms with E-state index in [2.05, 4.69) is 22.0 Å². The highest BCUT2D eigenvalue weighted by Gasteiger charge is 2.33. The fraction of sp³-hybridized carbons (Fsp3) is 0.520. The SMILES string of the molecule is COc1cccc2c1C=C(C(=O)N[C@H](CC1CC1)C(=O)N[C@@H](C#N)C[C@@H]1CCCNC1=O)C2. The molecule has 0 spiro atoms. The maximum absolute atomic E-state index is 13.1. The van der Waals surface area contributed by atoms with E-state index in [1.807, 2.05) is 24.3 Å². The minimum Gasteiger partial charge on any atom is -0.496 e. The average molecular weight is 451 g/mol. The number of ether oxygens (including phenoxy) is 1. The standard InChI is InChI=1S/C25H30N4O4/c1-33-22-6-2-4-16-11-18(13-20(16)22)24(31)29-21(10-15-7-8-15)25(32)28-19(14-26)12-17-5-3-9-27-23(17)30/h2,4,6,13,15,17,19,21H,3,5,7-12H2,1H3,(H,27,30)(H,28,32)(H,29,31)/t17-,19+,21+/m0/s1. The van der Waals surface area contributed by atoms with Gasteiger partial charge in [-0.15, -0.1) is 0 Å². The van der Waals surface area contributed by atoms with Gasteiger partial charge < -0.3 is 20.7 Å². The first kappa shape index (κ1) is 22.8. The minimum absolute atomic E-state index is 0.0678. The molecule has 33 heavy (non-hydrogen) atoms. The van der Waals surface area contributed by atoms with Gasteiger partial charge in [0, 0.05) is 30.0 Å². The first-order valence-corrected chi connectivity index (χ1v) is 11.6. The zero-order chi connectivity index (χ0) is 23.4. The second-order valence-corrected chi connectivity index (χ2v) is 9.14. The number of hydrogen-bond acceptors (Lipinski definition) is 5. The van der Waals surface area contributed by atoms with Gasteiger partial charge in [0.25, 0.3) is 0 Å². The van der Waals surface area contributed by atoms with Crippen molar-refractivity contribution in [1.82, 2.24) is 16.0 Å². The molecular weight excluding hydrogens is 420 g/mol. The van der Waals surface area contributed by atoms with Crippen LogP contribution in [0.25, 0.3) is 6.08 Å². The Morgan fingerprint density at radius 2 is 2.06 bits per heavy atom. The first-order valence-electron chi connectivity index (χ1n) is 11.6. The van der Waals surface area contributed by atoms with Crippen molar-refractivity contribution in [2.75, 3.05) is 13.7 Å². The van der Waals surface area contributed by atoms with Crippen molar-refractivity contribution in [3.05, 3.63) is 34.9 Å². The molecule has 2 aliphatic carbocycles. The highest BCUT2D eigenvalue weighted by molar-refractivity contribution is 6.02. The highest BCUT2D eigenvalue weighted by Crippen LogP contribution is 2.35. The lowest BCUT2D eigenvalue weighted by molar-refractivity contribution is -0.129. The van der Waals surface area contributed by atoms with Gasteiger partial charge in [-0.25, -0.2) is 0 Å². The van der Waals surface area contributed by atoms with E-state index in [1.165, 1.54) is 0 Å². The van der Waals surface area contributed by atoms with Crippen LogP contribution in [0.2, 0.25) is 0 Å². The van der Waals surface area contributed by atoms with E-state index in [0.717, 1.165) is 30.4 Å². The number of amides is 3. The molecule has 8 nitrogen and oxygen atoms in total. The maximum Gasteiger partial charge on any atom is 0.248 e. The number of methoxy groups -OCH3 is 1. The van der Waals surface area contributed by atoms with Crippen molar-refractivity contribution in [3.8, 4) is 11.8 Å². The summed E-state index contributed by atoms with van der Waals surface area (Å²) in [6.45, 7) is 0.653. The molecule has 0 bridgehead atoms. The van der Waals surface area contributed by atoms with Crippen molar-refractivity contribution in [1.29, 1.82) is 5.26 Å². The third kappa shape index (κ3) is 5.54. The molecule has 1 aromatic carbocycles. The molecule has 1 saturated carbocycles. The Bertz CT molecular complexity index is 1010. The zero-order valence-corrected chi connectivity index (χ0v) is 18.9. The number of nitrogens with zero attached hydrogens (tertiary/aromatic N) is 1. The zero-order valence-electron chi connectivity index (χ0n) is 18.9. The molecule has 4 rings (SSSR count).